The number of hydrogen-bond donors (Lipinski definition) is 2. The second-order valence-corrected chi connectivity index (χ2v) is 7.59. The van der Waals surface area contributed by atoms with Gasteiger partial charge in [-0.25, -0.2) is 4.79 Å². The van der Waals surface area contributed by atoms with Gasteiger partial charge in [-0.2, -0.15) is 0 Å². The molecule has 1 fully saturated rings. The van der Waals surface area contributed by atoms with Gasteiger partial charge in [0.25, 0.3) is 0 Å². The number of aliphatic carboxylic acids is 1. The minimum Gasteiger partial charge on any atom is -0.489 e. The van der Waals surface area contributed by atoms with Crippen LogP contribution in [0.1, 0.15) is 43.7 Å². The Bertz CT molecular complexity index is 814. The summed E-state index contributed by atoms with van der Waals surface area (Å²) in [4.78, 5) is 28.4. The summed E-state index contributed by atoms with van der Waals surface area (Å²) in [5.74, 6) is -0.0609. The molecule has 1 aliphatic carbocycles. The summed E-state index contributed by atoms with van der Waals surface area (Å²) in [6.07, 6.45) is 6.14. The molecule has 0 spiro atoms. The Balaban J connectivity index is 1.60. The fourth-order valence-corrected chi connectivity index (χ4v) is 3.54. The van der Waals surface area contributed by atoms with E-state index in [2.05, 4.69) is 17.2 Å². The Kier molecular flexibility index (Phi) is 6.29. The Labute approximate surface area is 164 Å². The van der Waals surface area contributed by atoms with Gasteiger partial charge in [0, 0.05) is 18.0 Å². The van der Waals surface area contributed by atoms with E-state index >= 15 is 0 Å². The fraction of sp³-hybridized carbons (Fsp3) is 0.409. The van der Waals surface area contributed by atoms with Gasteiger partial charge in [-0.1, -0.05) is 25.1 Å². The number of carbonyl (C=O) groups is 2. The van der Waals surface area contributed by atoms with E-state index in [1.165, 1.54) is 0 Å². The molecule has 148 valence electrons. The molecule has 1 heterocycles. The molecule has 1 aromatic heterocycles. The molecule has 6 nitrogen and oxygen atoms in total. The highest BCUT2D eigenvalue weighted by Gasteiger charge is 2.42. The minimum atomic E-state index is -1.14. The quantitative estimate of drug-likeness (QED) is 0.767. The predicted molar refractivity (Wildman–Crippen MR) is 105 cm³/mol. The topological polar surface area (TPSA) is 88.5 Å². The van der Waals surface area contributed by atoms with E-state index in [1.54, 1.807) is 12.4 Å². The molecule has 6 heteroatoms. The van der Waals surface area contributed by atoms with Gasteiger partial charge in [0.1, 0.15) is 17.9 Å². The number of carboxylic acid groups (broad SMARTS) is 1. The third kappa shape index (κ3) is 5.09. The minimum absolute atomic E-state index is 0.120. The van der Waals surface area contributed by atoms with Crippen molar-refractivity contribution in [2.24, 2.45) is 5.92 Å². The smallest absolute Gasteiger partial charge is 0.329 e. The van der Waals surface area contributed by atoms with Crippen LogP contribution in [0.2, 0.25) is 0 Å². The maximum atomic E-state index is 12.5. The summed E-state index contributed by atoms with van der Waals surface area (Å²) in [5.41, 5.74) is 0.601. The molecule has 1 saturated carbocycles. The molecule has 1 aromatic carbocycles. The first-order valence-electron chi connectivity index (χ1n) is 9.62. The van der Waals surface area contributed by atoms with Crippen LogP contribution in [-0.4, -0.2) is 27.5 Å². The molecule has 0 aliphatic heterocycles. The zero-order chi connectivity index (χ0) is 20.0. The average molecular weight is 382 g/mol. The average Bonchev–Trinajstić information content (AvgIpc) is 2.69. The second kappa shape index (κ2) is 8.87. The van der Waals surface area contributed by atoms with Crippen molar-refractivity contribution in [3.05, 3.63) is 59.9 Å². The number of carboxylic acids is 1. The van der Waals surface area contributed by atoms with Crippen molar-refractivity contribution >= 4 is 11.9 Å². The van der Waals surface area contributed by atoms with E-state index in [0.717, 1.165) is 24.0 Å². The number of nitrogens with zero attached hydrogens (tertiary/aromatic N) is 1. The third-order valence-electron chi connectivity index (χ3n) is 5.31. The van der Waals surface area contributed by atoms with Gasteiger partial charge in [0.15, 0.2) is 0 Å². The lowest BCUT2D eigenvalue weighted by Crippen LogP contribution is -2.56. The number of rotatable bonds is 7. The highest BCUT2D eigenvalue weighted by Crippen LogP contribution is 2.32. The summed E-state index contributed by atoms with van der Waals surface area (Å²) in [7, 11) is 0. The molecular formula is C22H26N2O4. The summed E-state index contributed by atoms with van der Waals surface area (Å²) in [6.45, 7) is 2.51. The molecule has 0 radical (unpaired) electrons. The Morgan fingerprint density at radius 1 is 1.21 bits per heavy atom. The lowest BCUT2D eigenvalue weighted by molar-refractivity contribution is -0.149. The lowest BCUT2D eigenvalue weighted by Gasteiger charge is -2.36. The molecule has 1 aliphatic rings. The summed E-state index contributed by atoms with van der Waals surface area (Å²) < 4.78 is 5.77. The SMILES string of the molecule is CC1CCC(NC(=O)Cc2cccc(OCc3cccnc3)c2)(C(=O)O)CC1. The van der Waals surface area contributed by atoms with Crippen LogP contribution in [0.25, 0.3) is 0 Å². The van der Waals surface area contributed by atoms with Crippen LogP contribution in [0.5, 0.6) is 5.75 Å². The molecule has 2 aromatic rings. The summed E-state index contributed by atoms with van der Waals surface area (Å²) in [6, 6.07) is 11.1. The molecule has 0 saturated heterocycles. The Morgan fingerprint density at radius 2 is 1.96 bits per heavy atom. The zero-order valence-corrected chi connectivity index (χ0v) is 16.1. The van der Waals surface area contributed by atoms with Crippen LogP contribution in [0, 0.1) is 5.92 Å². The monoisotopic (exact) mass is 382 g/mol. The maximum absolute atomic E-state index is 12.5. The van der Waals surface area contributed by atoms with Crippen molar-refractivity contribution in [1.82, 2.24) is 10.3 Å². The van der Waals surface area contributed by atoms with E-state index in [-0.39, 0.29) is 12.3 Å². The normalized spacial score (nSPS) is 21.7. The largest absolute Gasteiger partial charge is 0.489 e. The van der Waals surface area contributed by atoms with Crippen molar-refractivity contribution in [3.63, 3.8) is 0 Å². The Morgan fingerprint density at radius 3 is 2.64 bits per heavy atom. The number of nitrogens with one attached hydrogen (secondary N) is 1. The molecule has 1 amide bonds. The van der Waals surface area contributed by atoms with Gasteiger partial charge in [0.2, 0.25) is 5.91 Å². The first-order chi connectivity index (χ1) is 13.5. The van der Waals surface area contributed by atoms with Gasteiger partial charge in [0.05, 0.1) is 6.42 Å². The van der Waals surface area contributed by atoms with Gasteiger partial charge in [-0.05, 0) is 55.4 Å². The van der Waals surface area contributed by atoms with Gasteiger partial charge in [-0.3, -0.25) is 9.78 Å². The first-order valence-corrected chi connectivity index (χ1v) is 9.62. The van der Waals surface area contributed by atoms with Crippen LogP contribution in [0.3, 0.4) is 0 Å². The number of benzene rings is 1. The number of amides is 1. The third-order valence-corrected chi connectivity index (χ3v) is 5.31. The summed E-state index contributed by atoms with van der Waals surface area (Å²) in [5, 5.41) is 12.5. The fourth-order valence-electron chi connectivity index (χ4n) is 3.54. The molecule has 0 unspecified atom stereocenters. The number of aromatic nitrogens is 1. The lowest BCUT2D eigenvalue weighted by atomic mass is 9.77. The first kappa shape index (κ1) is 19.9. The van der Waals surface area contributed by atoms with Gasteiger partial charge in [-0.15, -0.1) is 0 Å². The van der Waals surface area contributed by atoms with Crippen molar-refractivity contribution in [2.45, 2.75) is 51.2 Å². The van der Waals surface area contributed by atoms with Crippen LogP contribution >= 0.6 is 0 Å². The van der Waals surface area contributed by atoms with E-state index in [1.807, 2.05) is 36.4 Å². The molecule has 3 rings (SSSR count). The number of hydrogen-bond acceptors (Lipinski definition) is 4. The number of pyridine rings is 1. The highest BCUT2D eigenvalue weighted by atomic mass is 16.5. The van der Waals surface area contributed by atoms with E-state index in [0.29, 0.717) is 31.1 Å². The van der Waals surface area contributed by atoms with Crippen LogP contribution in [0.4, 0.5) is 0 Å². The van der Waals surface area contributed by atoms with Crippen molar-refractivity contribution < 1.29 is 19.4 Å². The standard InChI is InChI=1S/C22H26N2O4/c1-16-7-9-22(10-8-16,21(26)27)24-20(25)13-17-4-2-6-19(12-17)28-15-18-5-3-11-23-14-18/h2-6,11-12,14,16H,7-10,13,15H2,1H3,(H,24,25)(H,26,27). The van der Waals surface area contributed by atoms with E-state index in [4.69, 9.17) is 4.74 Å². The summed E-state index contributed by atoms with van der Waals surface area (Å²) >= 11 is 0. The van der Waals surface area contributed by atoms with E-state index < -0.39 is 11.5 Å². The Hall–Kier alpha value is -2.89. The maximum Gasteiger partial charge on any atom is 0.329 e. The van der Waals surface area contributed by atoms with E-state index in [9.17, 15) is 14.7 Å². The van der Waals surface area contributed by atoms with Gasteiger partial charge >= 0.3 is 5.97 Å². The van der Waals surface area contributed by atoms with Crippen molar-refractivity contribution in [3.8, 4) is 5.75 Å². The molecule has 0 bridgehead atoms. The number of carbonyl (C=O) groups excluding carboxylic acids is 1. The van der Waals surface area contributed by atoms with Crippen molar-refractivity contribution in [2.75, 3.05) is 0 Å². The molecule has 2 N–H and O–H groups in total. The molecule has 28 heavy (non-hydrogen) atoms. The highest BCUT2D eigenvalue weighted by molar-refractivity contribution is 5.88. The molecule has 0 atom stereocenters. The van der Waals surface area contributed by atoms with Crippen molar-refractivity contribution in [1.29, 1.82) is 0 Å². The van der Waals surface area contributed by atoms with Crippen LogP contribution in [0.15, 0.2) is 48.8 Å². The second-order valence-electron chi connectivity index (χ2n) is 7.59. The van der Waals surface area contributed by atoms with Crippen LogP contribution < -0.4 is 10.1 Å². The number of ether oxygens (including phenoxy) is 1. The van der Waals surface area contributed by atoms with Gasteiger partial charge < -0.3 is 15.2 Å². The zero-order valence-electron chi connectivity index (χ0n) is 16.1. The van der Waals surface area contributed by atoms with Crippen LogP contribution in [-0.2, 0) is 22.6 Å². The molecular weight excluding hydrogens is 356 g/mol. The predicted octanol–water partition coefficient (Wildman–Crippen LogP) is 3.35.